The van der Waals surface area contributed by atoms with Crippen LogP contribution in [0.5, 0.6) is 0 Å². The lowest BCUT2D eigenvalue weighted by Gasteiger charge is -2.16. The quantitative estimate of drug-likeness (QED) is 0.677. The van der Waals surface area contributed by atoms with E-state index in [-0.39, 0.29) is 6.61 Å². The summed E-state index contributed by atoms with van der Waals surface area (Å²) in [5.41, 5.74) is 5.55. The number of anilines is 2. The molecule has 0 fully saturated rings. The summed E-state index contributed by atoms with van der Waals surface area (Å²) in [7, 11) is 1.84. The molecule has 0 bridgehead atoms. The van der Waals surface area contributed by atoms with E-state index < -0.39 is 0 Å². The molecule has 0 aliphatic heterocycles. The Morgan fingerprint density at radius 3 is 2.77 bits per heavy atom. The molecule has 1 heterocycles. The van der Waals surface area contributed by atoms with Crippen molar-refractivity contribution in [3.8, 4) is 0 Å². The van der Waals surface area contributed by atoms with Gasteiger partial charge in [-0.25, -0.2) is 9.97 Å². The van der Waals surface area contributed by atoms with E-state index in [9.17, 15) is 0 Å². The average molecular weight is 182 g/mol. The molecule has 5 nitrogen and oxygen atoms in total. The van der Waals surface area contributed by atoms with Crippen molar-refractivity contribution < 1.29 is 5.11 Å². The van der Waals surface area contributed by atoms with Crippen molar-refractivity contribution in [3.63, 3.8) is 0 Å². The SMILES string of the molecule is Cc1nc(N)cc(N(C)CCO)n1. The number of nitrogens with two attached hydrogens (primary N) is 1. The minimum atomic E-state index is 0.0967. The fourth-order valence-corrected chi connectivity index (χ4v) is 1.03. The van der Waals surface area contributed by atoms with Gasteiger partial charge >= 0.3 is 0 Å². The second-order valence-electron chi connectivity index (χ2n) is 2.84. The van der Waals surface area contributed by atoms with Gasteiger partial charge in [-0.15, -0.1) is 0 Å². The first-order valence-corrected chi connectivity index (χ1v) is 4.06. The van der Waals surface area contributed by atoms with E-state index in [4.69, 9.17) is 10.8 Å². The van der Waals surface area contributed by atoms with Crippen molar-refractivity contribution in [2.45, 2.75) is 6.92 Å². The number of aliphatic hydroxyl groups excluding tert-OH is 1. The number of hydrogen-bond donors (Lipinski definition) is 2. The first-order chi connectivity index (χ1) is 6.13. The monoisotopic (exact) mass is 182 g/mol. The van der Waals surface area contributed by atoms with E-state index in [1.807, 2.05) is 11.9 Å². The Morgan fingerprint density at radius 1 is 1.54 bits per heavy atom. The number of rotatable bonds is 3. The average Bonchev–Trinajstić information content (AvgIpc) is 2.03. The highest BCUT2D eigenvalue weighted by Crippen LogP contribution is 2.11. The fraction of sp³-hybridized carbons (Fsp3) is 0.500. The maximum atomic E-state index is 8.72. The Kier molecular flexibility index (Phi) is 3.02. The minimum absolute atomic E-state index is 0.0967. The first-order valence-electron chi connectivity index (χ1n) is 4.06. The summed E-state index contributed by atoms with van der Waals surface area (Å²) in [5, 5.41) is 8.72. The molecule has 0 saturated carbocycles. The van der Waals surface area contributed by atoms with Gasteiger partial charge < -0.3 is 15.7 Å². The van der Waals surface area contributed by atoms with Crippen LogP contribution in [0.1, 0.15) is 5.82 Å². The summed E-state index contributed by atoms with van der Waals surface area (Å²) < 4.78 is 0. The molecule has 13 heavy (non-hydrogen) atoms. The normalized spacial score (nSPS) is 10.1. The lowest BCUT2D eigenvalue weighted by atomic mass is 10.4. The second kappa shape index (κ2) is 4.04. The molecule has 0 spiro atoms. The van der Waals surface area contributed by atoms with E-state index in [0.717, 1.165) is 5.82 Å². The predicted octanol–water partition coefficient (Wildman–Crippen LogP) is -0.204. The van der Waals surface area contributed by atoms with Crippen molar-refractivity contribution in [3.05, 3.63) is 11.9 Å². The lowest BCUT2D eigenvalue weighted by molar-refractivity contribution is 0.304. The number of aryl methyl sites for hydroxylation is 1. The molecule has 0 amide bonds. The lowest BCUT2D eigenvalue weighted by Crippen LogP contribution is -2.22. The van der Waals surface area contributed by atoms with Crippen LogP contribution in [0.3, 0.4) is 0 Å². The molecule has 0 atom stereocenters. The largest absolute Gasteiger partial charge is 0.395 e. The number of aliphatic hydroxyl groups is 1. The van der Waals surface area contributed by atoms with E-state index in [0.29, 0.717) is 18.2 Å². The van der Waals surface area contributed by atoms with Gasteiger partial charge in [-0.3, -0.25) is 0 Å². The number of likely N-dealkylation sites (N-methyl/N-ethyl adjacent to an activating group) is 1. The van der Waals surface area contributed by atoms with Crippen LogP contribution in [-0.2, 0) is 0 Å². The molecule has 0 radical (unpaired) electrons. The van der Waals surface area contributed by atoms with Crippen LogP contribution in [0.25, 0.3) is 0 Å². The van der Waals surface area contributed by atoms with E-state index in [1.54, 1.807) is 13.0 Å². The second-order valence-corrected chi connectivity index (χ2v) is 2.84. The Morgan fingerprint density at radius 2 is 2.23 bits per heavy atom. The third-order valence-electron chi connectivity index (χ3n) is 1.67. The Bertz CT molecular complexity index is 269. The summed E-state index contributed by atoms with van der Waals surface area (Å²) >= 11 is 0. The number of nitrogens with zero attached hydrogens (tertiary/aromatic N) is 3. The molecule has 1 aromatic heterocycles. The van der Waals surface area contributed by atoms with Crippen molar-refractivity contribution in [2.24, 2.45) is 0 Å². The fourth-order valence-electron chi connectivity index (χ4n) is 1.03. The van der Waals surface area contributed by atoms with Crippen molar-refractivity contribution in [1.82, 2.24) is 9.97 Å². The van der Waals surface area contributed by atoms with Gasteiger partial charge in [-0.1, -0.05) is 0 Å². The molecule has 0 aliphatic rings. The minimum Gasteiger partial charge on any atom is -0.395 e. The molecule has 3 N–H and O–H groups in total. The van der Waals surface area contributed by atoms with E-state index in [1.165, 1.54) is 0 Å². The molecular formula is C8H14N4O. The van der Waals surface area contributed by atoms with Crippen molar-refractivity contribution in [2.75, 3.05) is 30.8 Å². The topological polar surface area (TPSA) is 75.3 Å². The summed E-state index contributed by atoms with van der Waals surface area (Å²) in [6.07, 6.45) is 0. The van der Waals surface area contributed by atoms with Crippen LogP contribution in [0.15, 0.2) is 6.07 Å². The zero-order valence-corrected chi connectivity index (χ0v) is 7.86. The van der Waals surface area contributed by atoms with Crippen molar-refractivity contribution >= 4 is 11.6 Å². The maximum Gasteiger partial charge on any atom is 0.134 e. The van der Waals surface area contributed by atoms with E-state index >= 15 is 0 Å². The Hall–Kier alpha value is -1.36. The Labute approximate surface area is 77.2 Å². The first kappa shape index (κ1) is 9.73. The van der Waals surface area contributed by atoms with Crippen molar-refractivity contribution in [1.29, 1.82) is 0 Å². The molecule has 1 aromatic rings. The van der Waals surface area contributed by atoms with Gasteiger partial charge in [0.15, 0.2) is 0 Å². The third kappa shape index (κ3) is 2.55. The number of hydrogen-bond acceptors (Lipinski definition) is 5. The van der Waals surface area contributed by atoms with Gasteiger partial charge in [-0.2, -0.15) is 0 Å². The molecular weight excluding hydrogens is 168 g/mol. The van der Waals surface area contributed by atoms with Gasteiger partial charge in [0, 0.05) is 19.7 Å². The van der Waals surface area contributed by atoms with Gasteiger partial charge in [0.2, 0.25) is 0 Å². The van der Waals surface area contributed by atoms with Crippen LogP contribution in [0.4, 0.5) is 11.6 Å². The summed E-state index contributed by atoms with van der Waals surface area (Å²) in [4.78, 5) is 9.95. The zero-order chi connectivity index (χ0) is 9.84. The molecule has 0 aliphatic carbocycles. The van der Waals surface area contributed by atoms with Gasteiger partial charge in [0.05, 0.1) is 6.61 Å². The highest BCUT2D eigenvalue weighted by Gasteiger charge is 2.03. The third-order valence-corrected chi connectivity index (χ3v) is 1.67. The van der Waals surface area contributed by atoms with Crippen LogP contribution in [-0.4, -0.2) is 35.3 Å². The molecule has 0 saturated heterocycles. The summed E-state index contributed by atoms with van der Waals surface area (Å²) in [6.45, 7) is 2.42. The van der Waals surface area contributed by atoms with Crippen LogP contribution < -0.4 is 10.6 Å². The van der Waals surface area contributed by atoms with Crippen LogP contribution >= 0.6 is 0 Å². The highest BCUT2D eigenvalue weighted by molar-refractivity contribution is 5.46. The van der Waals surface area contributed by atoms with E-state index in [2.05, 4.69) is 9.97 Å². The number of nitrogen functional groups attached to an aromatic ring is 1. The molecule has 1 rings (SSSR count). The highest BCUT2D eigenvalue weighted by atomic mass is 16.3. The predicted molar refractivity (Wildman–Crippen MR) is 51.5 cm³/mol. The summed E-state index contributed by atoms with van der Waals surface area (Å²) in [6, 6.07) is 1.68. The molecule has 0 aromatic carbocycles. The van der Waals surface area contributed by atoms with Crippen LogP contribution in [0.2, 0.25) is 0 Å². The smallest absolute Gasteiger partial charge is 0.134 e. The summed E-state index contributed by atoms with van der Waals surface area (Å²) in [5.74, 6) is 1.83. The zero-order valence-electron chi connectivity index (χ0n) is 7.86. The number of aromatic nitrogens is 2. The maximum absolute atomic E-state index is 8.72. The molecule has 5 heteroatoms. The van der Waals surface area contributed by atoms with Gasteiger partial charge in [-0.05, 0) is 6.92 Å². The van der Waals surface area contributed by atoms with Crippen LogP contribution in [0, 0.1) is 6.92 Å². The molecule has 0 unspecified atom stereocenters. The van der Waals surface area contributed by atoms with Gasteiger partial charge in [0.1, 0.15) is 17.5 Å². The standard InChI is InChI=1S/C8H14N4O/c1-6-10-7(9)5-8(11-6)12(2)3-4-13/h5,13H,3-4H2,1-2H3,(H2,9,10,11). The Balaban J connectivity index is 2.87. The van der Waals surface area contributed by atoms with Gasteiger partial charge in [0.25, 0.3) is 0 Å². The molecule has 72 valence electrons.